The number of rotatable bonds is 4. The summed E-state index contributed by atoms with van der Waals surface area (Å²) in [6, 6.07) is 8.64. The standard InChI is InChI=1S/C17H13Cl2F3N2O2/c1-24(9-14(25)23-15-12(18)6-3-7-13(15)19)16(26)10-4-2-5-11(8-10)17(20,21)22/h2-8H,9H2,1H3,(H,23,25). The van der Waals surface area contributed by atoms with Crippen LogP contribution in [0, 0.1) is 0 Å². The number of hydrogen-bond donors (Lipinski definition) is 1. The Kier molecular flexibility index (Phi) is 6.15. The summed E-state index contributed by atoms with van der Waals surface area (Å²) in [6.45, 7) is -0.392. The minimum atomic E-state index is -4.56. The molecule has 0 aliphatic rings. The van der Waals surface area contributed by atoms with E-state index in [-0.39, 0.29) is 21.3 Å². The summed E-state index contributed by atoms with van der Waals surface area (Å²) in [7, 11) is 1.30. The third kappa shape index (κ3) is 4.89. The third-order valence-corrected chi connectivity index (χ3v) is 4.02. The molecule has 0 bridgehead atoms. The van der Waals surface area contributed by atoms with Crippen LogP contribution in [0.3, 0.4) is 0 Å². The van der Waals surface area contributed by atoms with E-state index in [1.807, 2.05) is 0 Å². The molecular weight excluding hydrogens is 392 g/mol. The fraction of sp³-hybridized carbons (Fsp3) is 0.176. The van der Waals surface area contributed by atoms with E-state index in [2.05, 4.69) is 5.32 Å². The first-order valence-electron chi connectivity index (χ1n) is 7.26. The molecule has 0 atom stereocenters. The fourth-order valence-electron chi connectivity index (χ4n) is 2.13. The number of likely N-dealkylation sites (N-methyl/N-ethyl adjacent to an activating group) is 1. The van der Waals surface area contributed by atoms with E-state index in [1.165, 1.54) is 25.2 Å². The van der Waals surface area contributed by atoms with Crippen LogP contribution in [0.15, 0.2) is 42.5 Å². The van der Waals surface area contributed by atoms with Crippen molar-refractivity contribution in [3.8, 4) is 0 Å². The van der Waals surface area contributed by atoms with Gasteiger partial charge in [-0.2, -0.15) is 13.2 Å². The lowest BCUT2D eigenvalue weighted by molar-refractivity contribution is -0.137. The van der Waals surface area contributed by atoms with Gasteiger partial charge in [-0.15, -0.1) is 0 Å². The molecule has 0 spiro atoms. The zero-order valence-electron chi connectivity index (χ0n) is 13.4. The van der Waals surface area contributed by atoms with E-state index in [4.69, 9.17) is 23.2 Å². The van der Waals surface area contributed by atoms with Gasteiger partial charge in [0.25, 0.3) is 5.91 Å². The van der Waals surface area contributed by atoms with Gasteiger partial charge in [0.2, 0.25) is 5.91 Å². The number of hydrogen-bond acceptors (Lipinski definition) is 2. The fourth-order valence-corrected chi connectivity index (χ4v) is 2.62. The average Bonchev–Trinajstić information content (AvgIpc) is 2.57. The summed E-state index contributed by atoms with van der Waals surface area (Å²) < 4.78 is 38.2. The number of nitrogens with one attached hydrogen (secondary N) is 1. The first-order chi connectivity index (χ1) is 12.1. The van der Waals surface area contributed by atoms with Crippen molar-refractivity contribution in [1.82, 2.24) is 4.90 Å². The lowest BCUT2D eigenvalue weighted by atomic mass is 10.1. The van der Waals surface area contributed by atoms with Gasteiger partial charge in [-0.25, -0.2) is 0 Å². The molecule has 0 fully saturated rings. The highest BCUT2D eigenvalue weighted by Gasteiger charge is 2.31. The van der Waals surface area contributed by atoms with Crippen molar-refractivity contribution >= 4 is 40.7 Å². The molecule has 0 radical (unpaired) electrons. The Morgan fingerprint density at radius 3 is 2.23 bits per heavy atom. The second-order valence-electron chi connectivity index (χ2n) is 5.38. The summed E-state index contributed by atoms with van der Waals surface area (Å²) in [6.07, 6.45) is -4.56. The van der Waals surface area contributed by atoms with Gasteiger partial charge in [0, 0.05) is 12.6 Å². The summed E-state index contributed by atoms with van der Waals surface area (Å²) >= 11 is 11.9. The second kappa shape index (κ2) is 7.97. The zero-order chi connectivity index (χ0) is 19.5. The van der Waals surface area contributed by atoms with Crippen LogP contribution in [0.25, 0.3) is 0 Å². The van der Waals surface area contributed by atoms with Gasteiger partial charge in [0.05, 0.1) is 27.8 Å². The minimum absolute atomic E-state index is 0.175. The van der Waals surface area contributed by atoms with Gasteiger partial charge in [-0.3, -0.25) is 9.59 Å². The highest BCUT2D eigenvalue weighted by Crippen LogP contribution is 2.30. The summed E-state index contributed by atoms with van der Waals surface area (Å²) in [4.78, 5) is 25.4. The number of amides is 2. The van der Waals surface area contributed by atoms with Crippen LogP contribution in [0.4, 0.5) is 18.9 Å². The van der Waals surface area contributed by atoms with E-state index in [9.17, 15) is 22.8 Å². The predicted molar refractivity (Wildman–Crippen MR) is 93.5 cm³/mol. The smallest absolute Gasteiger partial charge is 0.332 e. The topological polar surface area (TPSA) is 49.4 Å². The highest BCUT2D eigenvalue weighted by atomic mass is 35.5. The largest absolute Gasteiger partial charge is 0.416 e. The normalized spacial score (nSPS) is 11.2. The van der Waals surface area contributed by atoms with Crippen LogP contribution in [-0.4, -0.2) is 30.3 Å². The van der Waals surface area contributed by atoms with Crippen LogP contribution < -0.4 is 5.32 Å². The first kappa shape index (κ1) is 20.1. The average molecular weight is 405 g/mol. The number of para-hydroxylation sites is 1. The maximum Gasteiger partial charge on any atom is 0.416 e. The third-order valence-electron chi connectivity index (χ3n) is 3.39. The van der Waals surface area contributed by atoms with Crippen molar-refractivity contribution in [2.45, 2.75) is 6.18 Å². The first-order valence-corrected chi connectivity index (χ1v) is 8.02. The summed E-state index contributed by atoms with van der Waals surface area (Å²) in [5, 5.41) is 2.91. The van der Waals surface area contributed by atoms with Gasteiger partial charge in [0.15, 0.2) is 0 Å². The van der Waals surface area contributed by atoms with E-state index in [0.717, 1.165) is 23.1 Å². The maximum absolute atomic E-state index is 12.7. The lowest BCUT2D eigenvalue weighted by Crippen LogP contribution is -2.35. The van der Waals surface area contributed by atoms with Gasteiger partial charge in [0.1, 0.15) is 0 Å². The number of benzene rings is 2. The molecule has 0 aromatic heterocycles. The Balaban J connectivity index is 2.08. The molecule has 0 aliphatic carbocycles. The van der Waals surface area contributed by atoms with Crippen molar-refractivity contribution in [2.24, 2.45) is 0 Å². The molecule has 26 heavy (non-hydrogen) atoms. The van der Waals surface area contributed by atoms with Crippen LogP contribution in [-0.2, 0) is 11.0 Å². The Bertz CT molecular complexity index is 821. The van der Waals surface area contributed by atoms with Crippen molar-refractivity contribution in [2.75, 3.05) is 18.9 Å². The van der Waals surface area contributed by atoms with Crippen molar-refractivity contribution < 1.29 is 22.8 Å². The number of nitrogens with zero attached hydrogens (tertiary/aromatic N) is 1. The molecule has 4 nitrogen and oxygen atoms in total. The maximum atomic E-state index is 12.7. The van der Waals surface area contributed by atoms with Gasteiger partial charge >= 0.3 is 6.18 Å². The van der Waals surface area contributed by atoms with Crippen LogP contribution >= 0.6 is 23.2 Å². The highest BCUT2D eigenvalue weighted by molar-refractivity contribution is 6.39. The molecule has 138 valence electrons. The molecule has 2 aromatic rings. The lowest BCUT2D eigenvalue weighted by Gasteiger charge is -2.18. The van der Waals surface area contributed by atoms with E-state index in [0.29, 0.717) is 0 Å². The molecule has 9 heteroatoms. The molecule has 2 rings (SSSR count). The van der Waals surface area contributed by atoms with Crippen LogP contribution in [0.2, 0.25) is 10.0 Å². The molecule has 2 amide bonds. The van der Waals surface area contributed by atoms with Crippen molar-refractivity contribution in [3.63, 3.8) is 0 Å². The Hall–Kier alpha value is -2.25. The quantitative estimate of drug-likeness (QED) is 0.800. The molecule has 0 unspecified atom stereocenters. The zero-order valence-corrected chi connectivity index (χ0v) is 14.9. The number of alkyl halides is 3. The number of carbonyl (C=O) groups excluding carboxylic acids is 2. The monoisotopic (exact) mass is 404 g/mol. The predicted octanol–water partition coefficient (Wildman–Crippen LogP) is 4.72. The number of halogens is 5. The van der Waals surface area contributed by atoms with E-state index >= 15 is 0 Å². The van der Waals surface area contributed by atoms with Crippen LogP contribution in [0.5, 0.6) is 0 Å². The Morgan fingerprint density at radius 2 is 1.65 bits per heavy atom. The minimum Gasteiger partial charge on any atom is -0.332 e. The van der Waals surface area contributed by atoms with Crippen molar-refractivity contribution in [1.29, 1.82) is 0 Å². The molecule has 0 heterocycles. The van der Waals surface area contributed by atoms with E-state index in [1.54, 1.807) is 6.07 Å². The molecule has 0 aliphatic heterocycles. The van der Waals surface area contributed by atoms with E-state index < -0.39 is 30.1 Å². The number of anilines is 1. The van der Waals surface area contributed by atoms with Gasteiger partial charge < -0.3 is 10.2 Å². The molecule has 2 aromatic carbocycles. The van der Waals surface area contributed by atoms with Crippen LogP contribution in [0.1, 0.15) is 15.9 Å². The Labute approximate surface area is 157 Å². The Morgan fingerprint density at radius 1 is 1.08 bits per heavy atom. The molecule has 0 saturated carbocycles. The second-order valence-corrected chi connectivity index (χ2v) is 6.20. The molecular formula is C17H13Cl2F3N2O2. The number of carbonyl (C=O) groups is 2. The van der Waals surface area contributed by atoms with Gasteiger partial charge in [-0.1, -0.05) is 35.3 Å². The van der Waals surface area contributed by atoms with Crippen molar-refractivity contribution in [3.05, 3.63) is 63.6 Å². The molecule has 1 N–H and O–H groups in total. The molecule has 0 saturated heterocycles. The summed E-state index contributed by atoms with van der Waals surface area (Å²) in [5.74, 6) is -1.32. The van der Waals surface area contributed by atoms with Gasteiger partial charge in [-0.05, 0) is 30.3 Å². The SMILES string of the molecule is CN(CC(=O)Nc1c(Cl)cccc1Cl)C(=O)c1cccc(C(F)(F)F)c1. The summed E-state index contributed by atoms with van der Waals surface area (Å²) in [5.41, 5.74) is -0.921.